The predicted molar refractivity (Wildman–Crippen MR) is 97.1 cm³/mol. The lowest BCUT2D eigenvalue weighted by molar-refractivity contribution is 0.512. The lowest BCUT2D eigenvalue weighted by atomic mass is 10.1. The molecule has 0 saturated carbocycles. The van der Waals surface area contributed by atoms with Gasteiger partial charge in [0.1, 0.15) is 12.3 Å². The molecule has 0 spiro atoms. The van der Waals surface area contributed by atoms with Gasteiger partial charge in [-0.05, 0) is 31.0 Å². The third-order valence-corrected chi connectivity index (χ3v) is 2.87. The van der Waals surface area contributed by atoms with Crippen LogP contribution in [0.2, 0.25) is 0 Å². The van der Waals surface area contributed by atoms with E-state index in [1.54, 1.807) is 6.26 Å². The number of guanidine groups is 1. The number of hydrogen-bond donors (Lipinski definition) is 2. The summed E-state index contributed by atoms with van der Waals surface area (Å²) in [6, 6.07) is 14.2. The van der Waals surface area contributed by atoms with E-state index in [0.29, 0.717) is 6.54 Å². The van der Waals surface area contributed by atoms with Crippen LogP contribution in [-0.4, -0.2) is 19.0 Å². The number of aliphatic imine (C=N–C) groups is 1. The van der Waals surface area contributed by atoms with Crippen molar-refractivity contribution in [1.82, 2.24) is 10.6 Å². The minimum Gasteiger partial charge on any atom is -0.467 e. The number of halogens is 1. The Hall–Kier alpha value is -1.50. The third kappa shape index (κ3) is 6.66. The van der Waals surface area contributed by atoms with E-state index in [0.717, 1.165) is 31.2 Å². The summed E-state index contributed by atoms with van der Waals surface area (Å²) >= 11 is 0. The van der Waals surface area contributed by atoms with Crippen LogP contribution in [0.15, 0.2) is 58.1 Å². The summed E-state index contributed by atoms with van der Waals surface area (Å²) in [7, 11) is 0. The molecule has 5 heteroatoms. The van der Waals surface area contributed by atoms with Crippen LogP contribution in [0.4, 0.5) is 0 Å². The molecule has 0 aliphatic rings. The average Bonchev–Trinajstić information content (AvgIpc) is 2.99. The Kier molecular flexibility index (Phi) is 8.57. The van der Waals surface area contributed by atoms with Crippen LogP contribution >= 0.6 is 24.0 Å². The van der Waals surface area contributed by atoms with Crippen molar-refractivity contribution in [3.63, 3.8) is 0 Å². The summed E-state index contributed by atoms with van der Waals surface area (Å²) in [5, 5.41) is 6.56. The molecule has 21 heavy (non-hydrogen) atoms. The SMILES string of the molecule is CCNC(=NCc1ccco1)NCCc1ccccc1.I. The van der Waals surface area contributed by atoms with Gasteiger partial charge in [-0.2, -0.15) is 0 Å². The maximum atomic E-state index is 5.27. The number of benzene rings is 1. The Labute approximate surface area is 143 Å². The van der Waals surface area contributed by atoms with E-state index in [-0.39, 0.29) is 24.0 Å². The van der Waals surface area contributed by atoms with E-state index in [4.69, 9.17) is 4.42 Å². The first-order chi connectivity index (χ1) is 9.88. The zero-order chi connectivity index (χ0) is 14.0. The fraction of sp³-hybridized carbons (Fsp3) is 0.312. The molecule has 4 nitrogen and oxygen atoms in total. The second kappa shape index (κ2) is 10.3. The van der Waals surface area contributed by atoms with E-state index in [1.165, 1.54) is 5.56 Å². The summed E-state index contributed by atoms with van der Waals surface area (Å²) < 4.78 is 5.27. The van der Waals surface area contributed by atoms with Gasteiger partial charge in [-0.25, -0.2) is 4.99 Å². The van der Waals surface area contributed by atoms with Crippen molar-refractivity contribution in [3.05, 3.63) is 60.1 Å². The number of nitrogens with zero attached hydrogens (tertiary/aromatic N) is 1. The normalized spacial score (nSPS) is 10.8. The minimum atomic E-state index is 0. The summed E-state index contributed by atoms with van der Waals surface area (Å²) in [6.45, 7) is 4.30. The maximum Gasteiger partial charge on any atom is 0.191 e. The molecule has 1 aromatic heterocycles. The first kappa shape index (κ1) is 17.6. The van der Waals surface area contributed by atoms with Gasteiger partial charge in [0.15, 0.2) is 5.96 Å². The van der Waals surface area contributed by atoms with Crippen LogP contribution in [-0.2, 0) is 13.0 Å². The van der Waals surface area contributed by atoms with Crippen LogP contribution in [0.5, 0.6) is 0 Å². The molecule has 0 amide bonds. The van der Waals surface area contributed by atoms with Gasteiger partial charge >= 0.3 is 0 Å². The standard InChI is InChI=1S/C16H21N3O.HI/c1-2-17-16(19-13-15-9-6-12-20-15)18-11-10-14-7-4-3-5-8-14;/h3-9,12H,2,10-11,13H2,1H3,(H2,17,18,19);1H. The van der Waals surface area contributed by atoms with Gasteiger partial charge in [-0.15, -0.1) is 24.0 Å². The second-order valence-corrected chi connectivity index (χ2v) is 4.44. The Morgan fingerprint density at radius 1 is 1.10 bits per heavy atom. The largest absolute Gasteiger partial charge is 0.467 e. The molecule has 0 bridgehead atoms. The lowest BCUT2D eigenvalue weighted by Crippen LogP contribution is -2.38. The average molecular weight is 399 g/mol. The van der Waals surface area contributed by atoms with Crippen molar-refractivity contribution in [1.29, 1.82) is 0 Å². The van der Waals surface area contributed by atoms with Gasteiger partial charge in [-0.1, -0.05) is 30.3 Å². The topological polar surface area (TPSA) is 49.6 Å². The highest BCUT2D eigenvalue weighted by Crippen LogP contribution is 2.01. The molecule has 0 atom stereocenters. The highest BCUT2D eigenvalue weighted by Gasteiger charge is 1.99. The molecule has 0 unspecified atom stereocenters. The first-order valence-electron chi connectivity index (χ1n) is 6.97. The van der Waals surface area contributed by atoms with Gasteiger partial charge in [0.2, 0.25) is 0 Å². The van der Waals surface area contributed by atoms with E-state index < -0.39 is 0 Å². The summed E-state index contributed by atoms with van der Waals surface area (Å²) in [6.07, 6.45) is 2.65. The second-order valence-electron chi connectivity index (χ2n) is 4.44. The van der Waals surface area contributed by atoms with E-state index in [1.807, 2.05) is 18.2 Å². The molecule has 0 aliphatic heterocycles. The highest BCUT2D eigenvalue weighted by atomic mass is 127. The van der Waals surface area contributed by atoms with E-state index in [2.05, 4.69) is 46.8 Å². The third-order valence-electron chi connectivity index (χ3n) is 2.87. The van der Waals surface area contributed by atoms with Gasteiger partial charge in [0.05, 0.1) is 6.26 Å². The fourth-order valence-corrected chi connectivity index (χ4v) is 1.87. The van der Waals surface area contributed by atoms with Crippen LogP contribution < -0.4 is 10.6 Å². The molecular formula is C16H22IN3O. The van der Waals surface area contributed by atoms with Crippen LogP contribution in [0, 0.1) is 0 Å². The predicted octanol–water partition coefficient (Wildman–Crippen LogP) is 3.20. The Morgan fingerprint density at radius 3 is 2.57 bits per heavy atom. The summed E-state index contributed by atoms with van der Waals surface area (Å²) in [5.41, 5.74) is 1.32. The Morgan fingerprint density at radius 2 is 1.90 bits per heavy atom. The number of nitrogens with one attached hydrogen (secondary N) is 2. The maximum absolute atomic E-state index is 5.27. The lowest BCUT2D eigenvalue weighted by Gasteiger charge is -2.10. The van der Waals surface area contributed by atoms with Gasteiger partial charge in [0.25, 0.3) is 0 Å². The monoisotopic (exact) mass is 399 g/mol. The quantitative estimate of drug-likeness (QED) is 0.446. The zero-order valence-electron chi connectivity index (χ0n) is 12.2. The van der Waals surface area contributed by atoms with Crippen molar-refractivity contribution in [3.8, 4) is 0 Å². The minimum absolute atomic E-state index is 0. The molecule has 0 saturated heterocycles. The van der Waals surface area contributed by atoms with Crippen LogP contribution in [0.3, 0.4) is 0 Å². The molecule has 2 rings (SSSR count). The molecular weight excluding hydrogens is 377 g/mol. The van der Waals surface area contributed by atoms with Crippen LogP contribution in [0.1, 0.15) is 18.2 Å². The fourth-order valence-electron chi connectivity index (χ4n) is 1.87. The molecule has 114 valence electrons. The number of rotatable bonds is 6. The molecule has 1 heterocycles. The molecule has 2 aromatic rings. The van der Waals surface area contributed by atoms with Crippen LogP contribution in [0.25, 0.3) is 0 Å². The van der Waals surface area contributed by atoms with Gasteiger partial charge in [0, 0.05) is 13.1 Å². The molecule has 1 aromatic carbocycles. The molecule has 0 fully saturated rings. The number of furan rings is 1. The zero-order valence-corrected chi connectivity index (χ0v) is 14.5. The summed E-state index contributed by atoms with van der Waals surface area (Å²) in [4.78, 5) is 4.49. The smallest absolute Gasteiger partial charge is 0.191 e. The molecule has 0 radical (unpaired) electrons. The van der Waals surface area contributed by atoms with Crippen molar-refractivity contribution in [2.75, 3.05) is 13.1 Å². The van der Waals surface area contributed by atoms with E-state index >= 15 is 0 Å². The van der Waals surface area contributed by atoms with Crippen molar-refractivity contribution in [2.45, 2.75) is 19.9 Å². The Balaban J connectivity index is 0.00000220. The highest BCUT2D eigenvalue weighted by molar-refractivity contribution is 14.0. The molecule has 2 N–H and O–H groups in total. The number of hydrogen-bond acceptors (Lipinski definition) is 2. The summed E-state index contributed by atoms with van der Waals surface area (Å²) in [5.74, 6) is 1.69. The van der Waals surface area contributed by atoms with Crippen molar-refractivity contribution >= 4 is 29.9 Å². The Bertz CT molecular complexity index is 512. The molecule has 0 aliphatic carbocycles. The van der Waals surface area contributed by atoms with E-state index in [9.17, 15) is 0 Å². The first-order valence-corrected chi connectivity index (χ1v) is 6.97. The van der Waals surface area contributed by atoms with Crippen molar-refractivity contribution in [2.24, 2.45) is 4.99 Å². The van der Waals surface area contributed by atoms with Gasteiger partial charge in [-0.3, -0.25) is 0 Å². The van der Waals surface area contributed by atoms with Crippen molar-refractivity contribution < 1.29 is 4.42 Å². The van der Waals surface area contributed by atoms with Gasteiger partial charge < -0.3 is 15.1 Å².